The first kappa shape index (κ1) is 11.5. The van der Waals surface area contributed by atoms with Crippen LogP contribution in [0.15, 0.2) is 30.3 Å². The number of benzene rings is 2. The molecule has 0 aliphatic carbocycles. The maximum absolute atomic E-state index is 11.2. The molecule has 3 heteroatoms. The standard InChI is InChI=1S/C14H14O3/c1-8(2)11-7-9-5-3-4-6-10(9)13(15)12(11)14(16)17/h3-8,15H,1-2H3,(H,16,17). The van der Waals surface area contributed by atoms with Gasteiger partial charge in [0, 0.05) is 5.39 Å². The molecule has 0 spiro atoms. The Bertz CT molecular complexity index is 585. The Labute approximate surface area is 99.3 Å². The van der Waals surface area contributed by atoms with Crippen molar-refractivity contribution in [2.75, 3.05) is 0 Å². The summed E-state index contributed by atoms with van der Waals surface area (Å²) in [5, 5.41) is 20.7. The van der Waals surface area contributed by atoms with Crippen molar-refractivity contribution in [2.24, 2.45) is 0 Å². The molecule has 0 aliphatic rings. The number of carbonyl (C=O) groups is 1. The summed E-state index contributed by atoms with van der Waals surface area (Å²) in [6, 6.07) is 9.08. The fourth-order valence-electron chi connectivity index (χ4n) is 2.03. The Hall–Kier alpha value is -2.03. The zero-order chi connectivity index (χ0) is 12.6. The Morgan fingerprint density at radius 2 is 1.88 bits per heavy atom. The minimum Gasteiger partial charge on any atom is -0.506 e. The number of phenols is 1. The van der Waals surface area contributed by atoms with Gasteiger partial charge < -0.3 is 10.2 Å². The smallest absolute Gasteiger partial charge is 0.339 e. The van der Waals surface area contributed by atoms with Crippen molar-refractivity contribution >= 4 is 16.7 Å². The number of aromatic carboxylic acids is 1. The van der Waals surface area contributed by atoms with E-state index >= 15 is 0 Å². The van der Waals surface area contributed by atoms with Crippen molar-refractivity contribution in [3.8, 4) is 5.75 Å². The number of hydrogen-bond acceptors (Lipinski definition) is 2. The Balaban J connectivity index is 2.89. The molecule has 0 saturated heterocycles. The second-order valence-corrected chi connectivity index (χ2v) is 4.37. The van der Waals surface area contributed by atoms with Crippen LogP contribution in [0.2, 0.25) is 0 Å². The molecule has 3 nitrogen and oxygen atoms in total. The quantitative estimate of drug-likeness (QED) is 0.831. The SMILES string of the molecule is CC(C)c1cc2ccccc2c(O)c1C(=O)O. The fourth-order valence-corrected chi connectivity index (χ4v) is 2.03. The first-order valence-electron chi connectivity index (χ1n) is 5.50. The van der Waals surface area contributed by atoms with E-state index in [1.54, 1.807) is 12.1 Å². The Kier molecular flexibility index (Phi) is 2.76. The number of rotatable bonds is 2. The van der Waals surface area contributed by atoms with E-state index in [4.69, 9.17) is 0 Å². The van der Waals surface area contributed by atoms with Gasteiger partial charge in [0.2, 0.25) is 0 Å². The maximum Gasteiger partial charge on any atom is 0.339 e. The normalized spacial score (nSPS) is 11.0. The second kappa shape index (κ2) is 4.09. The molecule has 2 rings (SSSR count). The summed E-state index contributed by atoms with van der Waals surface area (Å²) in [5.41, 5.74) is 0.674. The molecule has 0 radical (unpaired) electrons. The molecule has 0 saturated carbocycles. The van der Waals surface area contributed by atoms with Crippen LogP contribution in [0.3, 0.4) is 0 Å². The molecule has 0 atom stereocenters. The van der Waals surface area contributed by atoms with Crippen LogP contribution in [0.5, 0.6) is 5.75 Å². The van der Waals surface area contributed by atoms with Gasteiger partial charge in [-0.2, -0.15) is 0 Å². The summed E-state index contributed by atoms with van der Waals surface area (Å²) in [6.45, 7) is 3.83. The highest BCUT2D eigenvalue weighted by Gasteiger charge is 2.20. The van der Waals surface area contributed by atoms with E-state index in [2.05, 4.69) is 0 Å². The third-order valence-corrected chi connectivity index (χ3v) is 2.89. The van der Waals surface area contributed by atoms with E-state index in [1.165, 1.54) is 0 Å². The van der Waals surface area contributed by atoms with Gasteiger partial charge in [-0.25, -0.2) is 4.79 Å². The zero-order valence-electron chi connectivity index (χ0n) is 9.77. The topological polar surface area (TPSA) is 57.5 Å². The average molecular weight is 230 g/mol. The van der Waals surface area contributed by atoms with E-state index in [0.717, 1.165) is 5.39 Å². The summed E-state index contributed by atoms with van der Waals surface area (Å²) in [4.78, 5) is 11.2. The number of fused-ring (bicyclic) bond motifs is 1. The van der Waals surface area contributed by atoms with Crippen LogP contribution in [0, 0.1) is 0 Å². The van der Waals surface area contributed by atoms with E-state index in [0.29, 0.717) is 10.9 Å². The molecule has 88 valence electrons. The molecular formula is C14H14O3. The van der Waals surface area contributed by atoms with Gasteiger partial charge in [-0.15, -0.1) is 0 Å². The lowest BCUT2D eigenvalue weighted by Gasteiger charge is -2.13. The number of carboxylic acids is 1. The lowest BCUT2D eigenvalue weighted by atomic mass is 9.92. The highest BCUT2D eigenvalue weighted by molar-refractivity contribution is 6.02. The first-order chi connectivity index (χ1) is 8.02. The predicted molar refractivity (Wildman–Crippen MR) is 66.7 cm³/mol. The zero-order valence-corrected chi connectivity index (χ0v) is 9.77. The summed E-state index contributed by atoms with van der Waals surface area (Å²) in [6.07, 6.45) is 0. The molecule has 17 heavy (non-hydrogen) atoms. The van der Waals surface area contributed by atoms with Crippen molar-refractivity contribution in [1.29, 1.82) is 0 Å². The fraction of sp³-hybridized carbons (Fsp3) is 0.214. The van der Waals surface area contributed by atoms with Crippen LogP contribution < -0.4 is 0 Å². The molecular weight excluding hydrogens is 216 g/mol. The van der Waals surface area contributed by atoms with Gasteiger partial charge in [-0.05, 0) is 22.9 Å². The lowest BCUT2D eigenvalue weighted by Crippen LogP contribution is -2.04. The first-order valence-corrected chi connectivity index (χ1v) is 5.50. The Morgan fingerprint density at radius 1 is 1.24 bits per heavy atom. The second-order valence-electron chi connectivity index (χ2n) is 4.37. The van der Waals surface area contributed by atoms with Gasteiger partial charge in [0.05, 0.1) is 0 Å². The monoisotopic (exact) mass is 230 g/mol. The number of carboxylic acid groups (broad SMARTS) is 1. The van der Waals surface area contributed by atoms with E-state index in [9.17, 15) is 15.0 Å². The highest BCUT2D eigenvalue weighted by atomic mass is 16.4. The van der Waals surface area contributed by atoms with Gasteiger partial charge in [0.25, 0.3) is 0 Å². The van der Waals surface area contributed by atoms with Gasteiger partial charge in [-0.1, -0.05) is 38.1 Å². The van der Waals surface area contributed by atoms with E-state index in [1.807, 2.05) is 32.0 Å². The maximum atomic E-state index is 11.2. The minimum absolute atomic E-state index is 0.0127. The minimum atomic E-state index is -1.09. The third-order valence-electron chi connectivity index (χ3n) is 2.89. The molecule has 0 unspecified atom stereocenters. The van der Waals surface area contributed by atoms with Crippen molar-refractivity contribution in [3.05, 3.63) is 41.5 Å². The number of aromatic hydroxyl groups is 1. The van der Waals surface area contributed by atoms with E-state index in [-0.39, 0.29) is 17.2 Å². The van der Waals surface area contributed by atoms with Crippen LogP contribution in [-0.4, -0.2) is 16.2 Å². The molecule has 0 aromatic heterocycles. The van der Waals surface area contributed by atoms with Gasteiger partial charge >= 0.3 is 5.97 Å². The number of hydrogen-bond donors (Lipinski definition) is 2. The molecule has 2 aromatic rings. The molecule has 0 bridgehead atoms. The molecule has 0 aliphatic heterocycles. The van der Waals surface area contributed by atoms with Crippen molar-refractivity contribution in [1.82, 2.24) is 0 Å². The van der Waals surface area contributed by atoms with Crippen molar-refractivity contribution in [3.63, 3.8) is 0 Å². The largest absolute Gasteiger partial charge is 0.506 e. The van der Waals surface area contributed by atoms with Gasteiger partial charge in [-0.3, -0.25) is 0 Å². The van der Waals surface area contributed by atoms with Crippen LogP contribution in [0.25, 0.3) is 10.8 Å². The summed E-state index contributed by atoms with van der Waals surface area (Å²) >= 11 is 0. The predicted octanol–water partition coefficient (Wildman–Crippen LogP) is 3.37. The van der Waals surface area contributed by atoms with Crippen LogP contribution in [0.1, 0.15) is 35.7 Å². The van der Waals surface area contributed by atoms with Crippen molar-refractivity contribution < 1.29 is 15.0 Å². The Morgan fingerprint density at radius 3 is 2.47 bits per heavy atom. The highest BCUT2D eigenvalue weighted by Crippen LogP contribution is 2.34. The third kappa shape index (κ3) is 1.84. The van der Waals surface area contributed by atoms with Gasteiger partial charge in [0.15, 0.2) is 0 Å². The molecule has 0 heterocycles. The van der Waals surface area contributed by atoms with Crippen LogP contribution in [-0.2, 0) is 0 Å². The van der Waals surface area contributed by atoms with Crippen molar-refractivity contribution in [2.45, 2.75) is 19.8 Å². The lowest BCUT2D eigenvalue weighted by molar-refractivity contribution is 0.0692. The summed E-state index contributed by atoms with van der Waals surface area (Å²) in [5.74, 6) is -1.17. The van der Waals surface area contributed by atoms with Crippen LogP contribution in [0.4, 0.5) is 0 Å². The molecule has 0 amide bonds. The summed E-state index contributed by atoms with van der Waals surface area (Å²) in [7, 11) is 0. The molecule has 0 fully saturated rings. The van der Waals surface area contributed by atoms with E-state index < -0.39 is 5.97 Å². The van der Waals surface area contributed by atoms with Gasteiger partial charge in [0.1, 0.15) is 11.3 Å². The summed E-state index contributed by atoms with van der Waals surface area (Å²) < 4.78 is 0. The molecule has 2 N–H and O–H groups in total. The molecule has 2 aromatic carbocycles. The van der Waals surface area contributed by atoms with Crippen LogP contribution >= 0.6 is 0 Å². The average Bonchev–Trinajstić information content (AvgIpc) is 2.28.